The smallest absolute Gasteiger partial charge is 0.225 e. The van der Waals surface area contributed by atoms with Gasteiger partial charge in [0.25, 0.3) is 0 Å². The van der Waals surface area contributed by atoms with Gasteiger partial charge in [-0.1, -0.05) is 25.1 Å². The van der Waals surface area contributed by atoms with E-state index >= 15 is 0 Å². The van der Waals surface area contributed by atoms with Crippen molar-refractivity contribution in [1.29, 1.82) is 0 Å². The molecule has 0 aromatic heterocycles. The fraction of sp³-hybridized carbons (Fsp3) is 0.278. The molecule has 0 unspecified atom stereocenters. The predicted molar refractivity (Wildman–Crippen MR) is 101 cm³/mol. The van der Waals surface area contributed by atoms with Crippen molar-refractivity contribution in [3.63, 3.8) is 0 Å². The summed E-state index contributed by atoms with van der Waals surface area (Å²) in [5.74, 6) is 0.403. The number of nitrogens with one attached hydrogen (secondary N) is 2. The van der Waals surface area contributed by atoms with Crippen LogP contribution in [0, 0.1) is 5.82 Å². The number of carbonyl (C=O) groups excluding carboxylic acids is 1. The van der Waals surface area contributed by atoms with E-state index in [2.05, 4.69) is 10.6 Å². The summed E-state index contributed by atoms with van der Waals surface area (Å²) in [7, 11) is 0. The summed E-state index contributed by atoms with van der Waals surface area (Å²) in [4.78, 5) is 13.0. The molecule has 2 rings (SSSR count). The normalized spacial score (nSPS) is 10.1. The lowest BCUT2D eigenvalue weighted by Gasteiger charge is -2.11. The van der Waals surface area contributed by atoms with Crippen molar-refractivity contribution in [3.8, 4) is 0 Å². The van der Waals surface area contributed by atoms with E-state index in [1.54, 1.807) is 23.9 Å². The Kier molecular flexibility index (Phi) is 9.45. The van der Waals surface area contributed by atoms with Gasteiger partial charge in [0, 0.05) is 29.3 Å². The van der Waals surface area contributed by atoms with Gasteiger partial charge in [-0.25, -0.2) is 4.39 Å². The number of hydrogen-bond donors (Lipinski definition) is 2. The third-order valence-electron chi connectivity index (χ3n) is 3.27. The van der Waals surface area contributed by atoms with E-state index in [-0.39, 0.29) is 24.1 Å². The first-order chi connectivity index (χ1) is 11.2. The Bertz CT molecular complexity index is 637. The molecule has 0 heterocycles. The number of para-hydroxylation sites is 1. The third kappa shape index (κ3) is 6.91. The monoisotopic (exact) mass is 368 g/mol. The molecule has 0 atom stereocenters. The van der Waals surface area contributed by atoms with Crippen molar-refractivity contribution in [1.82, 2.24) is 5.32 Å². The Morgan fingerprint density at radius 3 is 2.54 bits per heavy atom. The molecule has 0 saturated carbocycles. The maximum atomic E-state index is 12.8. The summed E-state index contributed by atoms with van der Waals surface area (Å²) < 4.78 is 12.8. The molecule has 1 amide bonds. The highest BCUT2D eigenvalue weighted by Gasteiger charge is 2.06. The molecule has 0 bridgehead atoms. The summed E-state index contributed by atoms with van der Waals surface area (Å²) in [6.07, 6.45) is 0.414. The second-order valence-corrected chi connectivity index (χ2v) is 6.21. The Labute approximate surface area is 152 Å². The van der Waals surface area contributed by atoms with Gasteiger partial charge in [0.2, 0.25) is 5.91 Å². The highest BCUT2D eigenvalue weighted by Crippen LogP contribution is 2.20. The average molecular weight is 369 g/mol. The lowest BCUT2D eigenvalue weighted by Crippen LogP contribution is -2.17. The maximum Gasteiger partial charge on any atom is 0.225 e. The van der Waals surface area contributed by atoms with Crippen molar-refractivity contribution < 1.29 is 9.18 Å². The van der Waals surface area contributed by atoms with Crippen molar-refractivity contribution in [3.05, 3.63) is 59.9 Å². The summed E-state index contributed by atoms with van der Waals surface area (Å²) in [6, 6.07) is 14.1. The molecular weight excluding hydrogens is 347 g/mol. The molecule has 0 fully saturated rings. The quantitative estimate of drug-likeness (QED) is 0.675. The van der Waals surface area contributed by atoms with Crippen molar-refractivity contribution >= 4 is 35.8 Å². The van der Waals surface area contributed by atoms with Gasteiger partial charge in [0.15, 0.2) is 0 Å². The first-order valence-corrected chi connectivity index (χ1v) is 8.64. The van der Waals surface area contributed by atoms with E-state index in [0.717, 1.165) is 29.2 Å². The number of hydrogen-bond acceptors (Lipinski definition) is 3. The van der Waals surface area contributed by atoms with Gasteiger partial charge in [0.05, 0.1) is 0 Å². The van der Waals surface area contributed by atoms with E-state index < -0.39 is 0 Å². The molecular formula is C18H22ClFN2OS. The van der Waals surface area contributed by atoms with Crippen molar-refractivity contribution in [2.75, 3.05) is 17.6 Å². The van der Waals surface area contributed by atoms with Crippen LogP contribution in [0.5, 0.6) is 0 Å². The molecule has 2 aromatic rings. The number of halogens is 2. The fourth-order valence-corrected chi connectivity index (χ4v) is 2.91. The molecule has 130 valence electrons. The second kappa shape index (κ2) is 11.1. The van der Waals surface area contributed by atoms with E-state index in [0.29, 0.717) is 12.2 Å². The zero-order valence-electron chi connectivity index (χ0n) is 13.5. The third-order valence-corrected chi connectivity index (χ3v) is 4.28. The van der Waals surface area contributed by atoms with Gasteiger partial charge < -0.3 is 10.6 Å². The van der Waals surface area contributed by atoms with Crippen LogP contribution in [0.4, 0.5) is 10.1 Å². The number of anilines is 1. The van der Waals surface area contributed by atoms with E-state index in [4.69, 9.17) is 0 Å². The Morgan fingerprint density at radius 1 is 1.12 bits per heavy atom. The fourth-order valence-electron chi connectivity index (χ4n) is 2.06. The molecule has 3 nitrogen and oxygen atoms in total. The van der Waals surface area contributed by atoms with Crippen LogP contribution in [0.25, 0.3) is 0 Å². The molecule has 0 aliphatic rings. The minimum Gasteiger partial charge on any atom is -0.326 e. The van der Waals surface area contributed by atoms with Crippen LogP contribution in [-0.2, 0) is 11.3 Å². The number of rotatable bonds is 8. The average Bonchev–Trinajstić information content (AvgIpc) is 2.56. The lowest BCUT2D eigenvalue weighted by atomic mass is 10.1. The molecule has 0 radical (unpaired) electrons. The molecule has 0 spiro atoms. The zero-order valence-corrected chi connectivity index (χ0v) is 15.2. The standard InChI is InChI=1S/C18H21FN2OS.ClH/c1-2-20-13-14-5-3-4-6-17(14)21-18(22)11-12-23-16-9-7-15(19)8-10-16;/h3-10,20H,2,11-13H2,1H3,(H,21,22);1H. The lowest BCUT2D eigenvalue weighted by molar-refractivity contribution is -0.115. The van der Waals surface area contributed by atoms with Gasteiger partial charge >= 0.3 is 0 Å². The molecule has 2 aromatic carbocycles. The highest BCUT2D eigenvalue weighted by molar-refractivity contribution is 7.99. The summed E-state index contributed by atoms with van der Waals surface area (Å²) in [6.45, 7) is 3.67. The van der Waals surface area contributed by atoms with Crippen LogP contribution in [0.15, 0.2) is 53.4 Å². The maximum absolute atomic E-state index is 12.8. The molecule has 0 aliphatic carbocycles. The Morgan fingerprint density at radius 2 is 1.83 bits per heavy atom. The predicted octanol–water partition coefficient (Wildman–Crippen LogP) is 4.48. The van der Waals surface area contributed by atoms with Crippen LogP contribution in [0.3, 0.4) is 0 Å². The van der Waals surface area contributed by atoms with Gasteiger partial charge in [-0.05, 0) is 42.4 Å². The van der Waals surface area contributed by atoms with E-state index in [9.17, 15) is 9.18 Å². The van der Waals surface area contributed by atoms with E-state index in [1.807, 2.05) is 31.2 Å². The van der Waals surface area contributed by atoms with Crippen LogP contribution in [0.2, 0.25) is 0 Å². The van der Waals surface area contributed by atoms with Crippen LogP contribution in [0.1, 0.15) is 18.9 Å². The van der Waals surface area contributed by atoms with Crippen LogP contribution < -0.4 is 10.6 Å². The molecule has 24 heavy (non-hydrogen) atoms. The summed E-state index contributed by atoms with van der Waals surface area (Å²) in [5, 5.41) is 6.22. The minimum atomic E-state index is -0.246. The molecule has 0 saturated heterocycles. The Hall–Kier alpha value is -1.56. The van der Waals surface area contributed by atoms with Gasteiger partial charge in [0.1, 0.15) is 5.82 Å². The van der Waals surface area contributed by atoms with Crippen LogP contribution in [-0.4, -0.2) is 18.2 Å². The first-order valence-electron chi connectivity index (χ1n) is 7.66. The SMILES string of the molecule is CCNCc1ccccc1NC(=O)CCSc1ccc(F)cc1.Cl. The Balaban J connectivity index is 0.00000288. The number of benzene rings is 2. The molecule has 0 aliphatic heterocycles. The largest absolute Gasteiger partial charge is 0.326 e. The second-order valence-electron chi connectivity index (χ2n) is 5.04. The van der Waals surface area contributed by atoms with Crippen LogP contribution >= 0.6 is 24.2 Å². The minimum absolute atomic E-state index is 0. The van der Waals surface area contributed by atoms with Crippen molar-refractivity contribution in [2.24, 2.45) is 0 Å². The number of carbonyl (C=O) groups is 1. The highest BCUT2D eigenvalue weighted by atomic mass is 35.5. The zero-order chi connectivity index (χ0) is 16.5. The summed E-state index contributed by atoms with van der Waals surface area (Å²) in [5.41, 5.74) is 1.93. The van der Waals surface area contributed by atoms with Gasteiger partial charge in [-0.15, -0.1) is 24.2 Å². The summed E-state index contributed by atoms with van der Waals surface area (Å²) >= 11 is 1.55. The van der Waals surface area contributed by atoms with Gasteiger partial charge in [-0.3, -0.25) is 4.79 Å². The number of amides is 1. The topological polar surface area (TPSA) is 41.1 Å². The van der Waals surface area contributed by atoms with Crippen molar-refractivity contribution in [2.45, 2.75) is 24.8 Å². The van der Waals surface area contributed by atoms with Gasteiger partial charge in [-0.2, -0.15) is 0 Å². The molecule has 2 N–H and O–H groups in total. The molecule has 6 heteroatoms. The van der Waals surface area contributed by atoms with E-state index in [1.165, 1.54) is 12.1 Å². The first kappa shape index (κ1) is 20.5. The number of thioether (sulfide) groups is 1.